The van der Waals surface area contributed by atoms with Crippen molar-refractivity contribution < 1.29 is 27.5 Å². The highest BCUT2D eigenvalue weighted by Crippen LogP contribution is 2.40. The Morgan fingerprint density at radius 3 is 2.65 bits per heavy atom. The third-order valence-corrected chi connectivity index (χ3v) is 9.53. The lowest BCUT2D eigenvalue weighted by Crippen LogP contribution is -2.38. The molecule has 1 aromatic heterocycles. The smallest absolute Gasteiger partial charge is 0.409 e. The van der Waals surface area contributed by atoms with Crippen LogP contribution in [0.1, 0.15) is 43.0 Å². The first kappa shape index (κ1) is 30.1. The summed E-state index contributed by atoms with van der Waals surface area (Å²) in [6.45, 7) is 1.78. The summed E-state index contributed by atoms with van der Waals surface area (Å²) in [6.07, 6.45) is 1.21. The average Bonchev–Trinajstić information content (AvgIpc) is 3.47. The number of aromatic nitrogens is 1. The van der Waals surface area contributed by atoms with Gasteiger partial charge in [-0.25, -0.2) is 22.6 Å². The molecule has 1 aliphatic heterocycles. The standard InChI is InChI=1S/C30H29ClFN5O5S/c1-2-43(41,42)26-10-7-20(36-30(39)40)16-23(26)25-4-3-13-37(25)29(38)27(22-15-18(31)5-9-24(22)32)35-19-6-8-21-17(14-19)11-12-34-28(21)33/h5-12,14-16,25,27,35-36H,2-4,13H2,1H3,(H2,33,34)(H,39,40)/t25-,27-/m1/s1. The Balaban J connectivity index is 1.59. The van der Waals surface area contributed by atoms with E-state index in [9.17, 15) is 23.1 Å². The van der Waals surface area contributed by atoms with E-state index in [0.29, 0.717) is 29.7 Å². The SMILES string of the molecule is CCS(=O)(=O)c1ccc(NC(=O)O)cc1[C@H]1CCCN1C(=O)[C@H](Nc1ccc2c(N)nccc2c1)c1cc(Cl)ccc1F. The zero-order valence-corrected chi connectivity index (χ0v) is 24.6. The first-order chi connectivity index (χ1) is 20.5. The number of hydrogen-bond donors (Lipinski definition) is 4. The van der Waals surface area contributed by atoms with Crippen molar-refractivity contribution in [3.8, 4) is 0 Å². The maximum Gasteiger partial charge on any atom is 0.409 e. The van der Waals surface area contributed by atoms with Gasteiger partial charge in [0.25, 0.3) is 0 Å². The number of nitrogens with zero attached hydrogens (tertiary/aromatic N) is 2. The number of rotatable bonds is 8. The number of carbonyl (C=O) groups excluding carboxylic acids is 1. The first-order valence-corrected chi connectivity index (χ1v) is 15.5. The summed E-state index contributed by atoms with van der Waals surface area (Å²) in [5.41, 5.74) is 6.97. The molecule has 3 aromatic carbocycles. The molecule has 43 heavy (non-hydrogen) atoms. The third kappa shape index (κ3) is 6.20. The highest BCUT2D eigenvalue weighted by Gasteiger charge is 2.38. The van der Waals surface area contributed by atoms with Gasteiger partial charge in [0.1, 0.15) is 17.7 Å². The van der Waals surface area contributed by atoms with Crippen LogP contribution in [-0.4, -0.2) is 47.7 Å². The molecule has 2 amide bonds. The van der Waals surface area contributed by atoms with Crippen molar-refractivity contribution in [1.82, 2.24) is 9.88 Å². The second kappa shape index (κ2) is 12.1. The molecule has 0 aliphatic carbocycles. The van der Waals surface area contributed by atoms with Gasteiger partial charge in [0.15, 0.2) is 9.84 Å². The van der Waals surface area contributed by atoms with Gasteiger partial charge < -0.3 is 21.1 Å². The largest absolute Gasteiger partial charge is 0.465 e. The number of benzene rings is 3. The normalized spacial score (nSPS) is 15.8. The number of carboxylic acid groups (broad SMARTS) is 1. The van der Waals surface area contributed by atoms with Crippen LogP contribution in [0.25, 0.3) is 10.8 Å². The van der Waals surface area contributed by atoms with Gasteiger partial charge in [-0.15, -0.1) is 0 Å². The minimum atomic E-state index is -3.74. The summed E-state index contributed by atoms with van der Waals surface area (Å²) < 4.78 is 41.4. The molecule has 10 nitrogen and oxygen atoms in total. The minimum absolute atomic E-state index is 0.00908. The van der Waals surface area contributed by atoms with Crippen molar-refractivity contribution in [3.05, 3.63) is 88.8 Å². The first-order valence-electron chi connectivity index (χ1n) is 13.5. The summed E-state index contributed by atoms with van der Waals surface area (Å²) in [7, 11) is -3.74. The van der Waals surface area contributed by atoms with Crippen LogP contribution in [0.2, 0.25) is 5.02 Å². The fourth-order valence-electron chi connectivity index (χ4n) is 5.43. The molecule has 0 bridgehead atoms. The number of fused-ring (bicyclic) bond motifs is 1. The Morgan fingerprint density at radius 1 is 1.14 bits per heavy atom. The second-order valence-corrected chi connectivity index (χ2v) is 12.8. The summed E-state index contributed by atoms with van der Waals surface area (Å²) in [5.74, 6) is -1.00. The van der Waals surface area contributed by atoms with Crippen molar-refractivity contribution in [3.63, 3.8) is 0 Å². The summed E-state index contributed by atoms with van der Waals surface area (Å²) in [4.78, 5) is 31.3. The summed E-state index contributed by atoms with van der Waals surface area (Å²) in [5, 5.41) is 16.4. The fourth-order valence-corrected chi connectivity index (χ4v) is 6.76. The molecule has 5 N–H and O–H groups in total. The number of sulfone groups is 1. The Hall–Kier alpha value is -4.42. The van der Waals surface area contributed by atoms with Crippen molar-refractivity contribution in [2.45, 2.75) is 36.7 Å². The molecule has 4 aromatic rings. The van der Waals surface area contributed by atoms with Crippen molar-refractivity contribution in [2.75, 3.05) is 28.7 Å². The lowest BCUT2D eigenvalue weighted by molar-refractivity contribution is -0.133. The Bertz CT molecular complexity index is 1840. The predicted molar refractivity (Wildman–Crippen MR) is 163 cm³/mol. The lowest BCUT2D eigenvalue weighted by Gasteiger charge is -2.31. The number of pyridine rings is 1. The molecule has 0 spiro atoms. The molecule has 1 aliphatic rings. The average molecular weight is 626 g/mol. The lowest BCUT2D eigenvalue weighted by atomic mass is 10.0. The van der Waals surface area contributed by atoms with E-state index in [2.05, 4.69) is 15.6 Å². The topological polar surface area (TPSA) is 155 Å². The van der Waals surface area contributed by atoms with Crippen molar-refractivity contribution in [1.29, 1.82) is 0 Å². The molecule has 1 saturated heterocycles. The summed E-state index contributed by atoms with van der Waals surface area (Å²) in [6, 6.07) is 13.1. The summed E-state index contributed by atoms with van der Waals surface area (Å²) >= 11 is 6.23. The Kier molecular flexibility index (Phi) is 8.43. The van der Waals surface area contributed by atoms with E-state index in [1.807, 2.05) is 0 Å². The highest BCUT2D eigenvalue weighted by molar-refractivity contribution is 7.91. The molecule has 0 unspecified atom stereocenters. The van der Waals surface area contributed by atoms with Crippen LogP contribution in [0, 0.1) is 5.82 Å². The zero-order valence-electron chi connectivity index (χ0n) is 23.1. The number of anilines is 3. The fraction of sp³-hybridized carbons (Fsp3) is 0.233. The second-order valence-electron chi connectivity index (χ2n) is 10.2. The maximum absolute atomic E-state index is 15.3. The van der Waals surface area contributed by atoms with E-state index < -0.39 is 39.7 Å². The number of carbonyl (C=O) groups is 2. The predicted octanol–water partition coefficient (Wildman–Crippen LogP) is 6.01. The van der Waals surface area contributed by atoms with Gasteiger partial charge >= 0.3 is 6.09 Å². The maximum atomic E-state index is 15.3. The Morgan fingerprint density at radius 2 is 1.91 bits per heavy atom. The molecule has 2 atom stereocenters. The van der Waals surface area contributed by atoms with Crippen LogP contribution in [0.4, 0.5) is 26.4 Å². The highest BCUT2D eigenvalue weighted by atomic mass is 35.5. The molecule has 5 rings (SSSR count). The monoisotopic (exact) mass is 625 g/mol. The molecule has 224 valence electrons. The van der Waals surface area contributed by atoms with Crippen LogP contribution in [0.15, 0.2) is 71.8 Å². The van der Waals surface area contributed by atoms with Crippen LogP contribution in [-0.2, 0) is 14.6 Å². The van der Waals surface area contributed by atoms with Gasteiger partial charge in [-0.05, 0) is 84.5 Å². The van der Waals surface area contributed by atoms with E-state index in [-0.39, 0.29) is 39.0 Å². The van der Waals surface area contributed by atoms with Gasteiger partial charge in [-0.2, -0.15) is 0 Å². The Labute approximate surface area is 252 Å². The quantitative estimate of drug-likeness (QED) is 0.186. The van der Waals surface area contributed by atoms with Crippen LogP contribution in [0.5, 0.6) is 0 Å². The number of nitrogen functional groups attached to an aromatic ring is 1. The van der Waals surface area contributed by atoms with E-state index >= 15 is 4.39 Å². The van der Waals surface area contributed by atoms with E-state index in [1.54, 1.807) is 30.5 Å². The molecule has 13 heteroatoms. The van der Waals surface area contributed by atoms with E-state index in [4.69, 9.17) is 17.3 Å². The van der Waals surface area contributed by atoms with Crippen molar-refractivity contribution >= 4 is 61.4 Å². The minimum Gasteiger partial charge on any atom is -0.465 e. The van der Waals surface area contributed by atoms with Crippen LogP contribution >= 0.6 is 11.6 Å². The zero-order chi connectivity index (χ0) is 30.9. The molecule has 0 saturated carbocycles. The number of hydrogen-bond acceptors (Lipinski definition) is 7. The van der Waals surface area contributed by atoms with Crippen LogP contribution in [0.3, 0.4) is 0 Å². The number of halogens is 2. The number of nitrogens with two attached hydrogens (primary N) is 1. The van der Waals surface area contributed by atoms with Crippen LogP contribution < -0.4 is 16.4 Å². The van der Waals surface area contributed by atoms with E-state index in [0.717, 1.165) is 5.39 Å². The third-order valence-electron chi connectivity index (χ3n) is 7.49. The van der Waals surface area contributed by atoms with Gasteiger partial charge in [-0.1, -0.05) is 18.5 Å². The molecule has 1 fully saturated rings. The molecule has 0 radical (unpaired) electrons. The molecular formula is C30H29ClFN5O5S. The van der Waals surface area contributed by atoms with Crippen molar-refractivity contribution in [2.24, 2.45) is 0 Å². The number of amides is 2. The number of nitrogens with one attached hydrogen (secondary N) is 2. The number of likely N-dealkylation sites (tertiary alicyclic amines) is 1. The van der Waals surface area contributed by atoms with Gasteiger partial charge in [0.05, 0.1) is 16.7 Å². The molecule has 2 heterocycles. The van der Waals surface area contributed by atoms with Gasteiger partial charge in [0.2, 0.25) is 5.91 Å². The van der Waals surface area contributed by atoms with Gasteiger partial charge in [-0.3, -0.25) is 10.1 Å². The van der Waals surface area contributed by atoms with E-state index in [1.165, 1.54) is 48.2 Å². The molecular weight excluding hydrogens is 597 g/mol. The van der Waals surface area contributed by atoms with Gasteiger partial charge in [0, 0.05) is 40.1 Å².